The van der Waals surface area contributed by atoms with Crippen molar-refractivity contribution < 1.29 is 0 Å². The van der Waals surface area contributed by atoms with E-state index in [1.165, 1.54) is 11.1 Å². The highest BCUT2D eigenvalue weighted by Gasteiger charge is 2.01. The number of nitrogens with one attached hydrogen (secondary N) is 1. The first-order valence-corrected chi connectivity index (χ1v) is 6.28. The van der Waals surface area contributed by atoms with Gasteiger partial charge in [-0.1, -0.05) is 19.9 Å². The largest absolute Gasteiger partial charge is 0.333 e. The molecular weight excluding hydrogens is 224 g/mol. The minimum absolute atomic E-state index is 0.483. The van der Waals surface area contributed by atoms with Gasteiger partial charge in [-0.3, -0.25) is 4.98 Å². The molecule has 2 heterocycles. The summed E-state index contributed by atoms with van der Waals surface area (Å²) in [6.07, 6.45) is 7.73. The van der Waals surface area contributed by atoms with Crippen LogP contribution in [0.1, 0.15) is 30.7 Å². The third-order valence-electron chi connectivity index (χ3n) is 2.67. The molecule has 0 radical (unpaired) electrons. The van der Waals surface area contributed by atoms with Gasteiger partial charge in [0.15, 0.2) is 0 Å². The van der Waals surface area contributed by atoms with E-state index in [4.69, 9.17) is 0 Å². The predicted molar refractivity (Wildman–Crippen MR) is 72.3 cm³/mol. The van der Waals surface area contributed by atoms with Crippen LogP contribution in [0.5, 0.6) is 0 Å². The Morgan fingerprint density at radius 3 is 2.89 bits per heavy atom. The lowest BCUT2D eigenvalue weighted by Gasteiger charge is -2.05. The fourth-order valence-corrected chi connectivity index (χ4v) is 1.81. The maximum absolute atomic E-state index is 4.39. The van der Waals surface area contributed by atoms with Crippen LogP contribution in [-0.4, -0.2) is 20.6 Å². The summed E-state index contributed by atoms with van der Waals surface area (Å²) in [6, 6.07) is 2.63. The highest BCUT2D eigenvalue weighted by Crippen LogP contribution is 2.05. The van der Waals surface area contributed by atoms with Crippen LogP contribution in [0, 0.1) is 6.92 Å². The van der Waals surface area contributed by atoms with E-state index < -0.39 is 0 Å². The number of aryl methyl sites for hydroxylation is 1. The molecule has 0 atom stereocenters. The van der Waals surface area contributed by atoms with Crippen LogP contribution >= 0.6 is 0 Å². The van der Waals surface area contributed by atoms with E-state index in [0.29, 0.717) is 6.04 Å². The molecular formula is C14H20N4. The van der Waals surface area contributed by atoms with E-state index >= 15 is 0 Å². The Balaban J connectivity index is 1.98. The van der Waals surface area contributed by atoms with E-state index in [-0.39, 0.29) is 0 Å². The van der Waals surface area contributed by atoms with Gasteiger partial charge in [0.1, 0.15) is 0 Å². The standard InChI is InChI=1S/C14H20N4/c1-11(2)16-7-14-9-18(10-17-14)8-13-4-12(3)5-15-6-13/h4-6,9-11,16H,7-8H2,1-3H3. The molecule has 2 aromatic heterocycles. The monoisotopic (exact) mass is 244 g/mol. The van der Waals surface area contributed by atoms with Gasteiger partial charge in [-0.05, 0) is 18.1 Å². The number of imidazole rings is 1. The Hall–Kier alpha value is -1.68. The van der Waals surface area contributed by atoms with Gasteiger partial charge in [-0.2, -0.15) is 0 Å². The average molecular weight is 244 g/mol. The van der Waals surface area contributed by atoms with Gasteiger partial charge < -0.3 is 9.88 Å². The molecule has 96 valence electrons. The van der Waals surface area contributed by atoms with E-state index in [1.54, 1.807) is 0 Å². The van der Waals surface area contributed by atoms with Crippen LogP contribution in [0.2, 0.25) is 0 Å². The summed E-state index contributed by atoms with van der Waals surface area (Å²) < 4.78 is 2.09. The Bertz CT molecular complexity index is 502. The van der Waals surface area contributed by atoms with Gasteiger partial charge in [-0.15, -0.1) is 0 Å². The van der Waals surface area contributed by atoms with Crippen molar-refractivity contribution in [3.8, 4) is 0 Å². The number of hydrogen-bond acceptors (Lipinski definition) is 3. The summed E-state index contributed by atoms with van der Waals surface area (Å²) in [5.74, 6) is 0. The van der Waals surface area contributed by atoms with E-state index in [1.807, 2.05) is 18.7 Å². The highest BCUT2D eigenvalue weighted by atomic mass is 15.0. The number of pyridine rings is 1. The van der Waals surface area contributed by atoms with Gasteiger partial charge in [0.05, 0.1) is 18.6 Å². The molecule has 0 aromatic carbocycles. The smallest absolute Gasteiger partial charge is 0.0953 e. The summed E-state index contributed by atoms with van der Waals surface area (Å²) in [6.45, 7) is 7.97. The Labute approximate surface area is 108 Å². The first kappa shape index (κ1) is 12.8. The SMILES string of the molecule is Cc1cncc(Cn2cnc(CNC(C)C)c2)c1. The number of aromatic nitrogens is 3. The van der Waals surface area contributed by atoms with Crippen molar-refractivity contribution in [2.24, 2.45) is 0 Å². The molecule has 18 heavy (non-hydrogen) atoms. The third kappa shape index (κ3) is 3.67. The van der Waals surface area contributed by atoms with Crippen LogP contribution in [-0.2, 0) is 13.1 Å². The number of rotatable bonds is 5. The summed E-state index contributed by atoms with van der Waals surface area (Å²) in [4.78, 5) is 8.59. The molecule has 0 aliphatic heterocycles. The molecule has 0 aliphatic carbocycles. The lowest BCUT2D eigenvalue weighted by Crippen LogP contribution is -2.21. The molecule has 4 heteroatoms. The minimum atomic E-state index is 0.483. The zero-order valence-electron chi connectivity index (χ0n) is 11.2. The van der Waals surface area contributed by atoms with Crippen LogP contribution in [0.15, 0.2) is 31.0 Å². The Kier molecular flexibility index (Phi) is 4.10. The lowest BCUT2D eigenvalue weighted by atomic mass is 10.2. The maximum Gasteiger partial charge on any atom is 0.0953 e. The lowest BCUT2D eigenvalue weighted by molar-refractivity contribution is 0.582. The highest BCUT2D eigenvalue weighted by molar-refractivity contribution is 5.17. The predicted octanol–water partition coefficient (Wildman–Crippen LogP) is 2.13. The van der Waals surface area contributed by atoms with Gasteiger partial charge in [0, 0.05) is 31.2 Å². The first-order chi connectivity index (χ1) is 8.63. The summed E-state index contributed by atoms with van der Waals surface area (Å²) in [5, 5.41) is 3.36. The molecule has 0 fully saturated rings. The molecule has 0 spiro atoms. The minimum Gasteiger partial charge on any atom is -0.333 e. The van der Waals surface area contributed by atoms with Crippen molar-refractivity contribution in [2.75, 3.05) is 0 Å². The molecule has 0 saturated carbocycles. The molecule has 0 saturated heterocycles. The van der Waals surface area contributed by atoms with Crippen molar-refractivity contribution in [3.63, 3.8) is 0 Å². The molecule has 2 rings (SSSR count). The van der Waals surface area contributed by atoms with Gasteiger partial charge >= 0.3 is 0 Å². The average Bonchev–Trinajstić information content (AvgIpc) is 2.74. The van der Waals surface area contributed by atoms with Crippen LogP contribution in [0.3, 0.4) is 0 Å². The fourth-order valence-electron chi connectivity index (χ4n) is 1.81. The van der Waals surface area contributed by atoms with Gasteiger partial charge in [0.2, 0.25) is 0 Å². The first-order valence-electron chi connectivity index (χ1n) is 6.28. The topological polar surface area (TPSA) is 42.7 Å². The molecule has 1 N–H and O–H groups in total. The van der Waals surface area contributed by atoms with E-state index in [2.05, 4.69) is 52.9 Å². The van der Waals surface area contributed by atoms with Crippen molar-refractivity contribution in [2.45, 2.75) is 39.9 Å². The second kappa shape index (κ2) is 5.78. The summed E-state index contributed by atoms with van der Waals surface area (Å²) >= 11 is 0. The fraction of sp³-hybridized carbons (Fsp3) is 0.429. The molecule has 4 nitrogen and oxygen atoms in total. The molecule has 0 unspecified atom stereocenters. The van der Waals surface area contributed by atoms with Crippen LogP contribution < -0.4 is 5.32 Å². The quantitative estimate of drug-likeness (QED) is 0.876. The van der Waals surface area contributed by atoms with Crippen molar-refractivity contribution >= 4 is 0 Å². The van der Waals surface area contributed by atoms with Crippen molar-refractivity contribution in [1.82, 2.24) is 19.9 Å². The van der Waals surface area contributed by atoms with Crippen LogP contribution in [0.4, 0.5) is 0 Å². The molecule has 0 bridgehead atoms. The molecule has 0 aliphatic rings. The Morgan fingerprint density at radius 2 is 2.17 bits per heavy atom. The zero-order chi connectivity index (χ0) is 13.0. The van der Waals surface area contributed by atoms with Crippen LogP contribution in [0.25, 0.3) is 0 Å². The van der Waals surface area contributed by atoms with Gasteiger partial charge in [-0.25, -0.2) is 4.98 Å². The normalized spacial score (nSPS) is 11.1. The Morgan fingerprint density at radius 1 is 1.33 bits per heavy atom. The summed E-state index contributed by atoms with van der Waals surface area (Å²) in [5.41, 5.74) is 3.47. The van der Waals surface area contributed by atoms with Crippen molar-refractivity contribution in [3.05, 3.63) is 47.8 Å². The second-order valence-corrected chi connectivity index (χ2v) is 4.94. The number of nitrogens with zero attached hydrogens (tertiary/aromatic N) is 3. The van der Waals surface area contributed by atoms with E-state index in [0.717, 1.165) is 18.8 Å². The van der Waals surface area contributed by atoms with E-state index in [9.17, 15) is 0 Å². The molecule has 0 amide bonds. The van der Waals surface area contributed by atoms with Gasteiger partial charge in [0.25, 0.3) is 0 Å². The molecule has 2 aromatic rings. The zero-order valence-corrected chi connectivity index (χ0v) is 11.2. The maximum atomic E-state index is 4.39. The number of hydrogen-bond donors (Lipinski definition) is 1. The van der Waals surface area contributed by atoms with Crippen molar-refractivity contribution in [1.29, 1.82) is 0 Å². The summed E-state index contributed by atoms with van der Waals surface area (Å²) in [7, 11) is 0. The second-order valence-electron chi connectivity index (χ2n) is 4.94. The third-order valence-corrected chi connectivity index (χ3v) is 2.67.